The molecule has 1 aromatic carbocycles. The van der Waals surface area contributed by atoms with Crippen LogP contribution in [0.25, 0.3) is 0 Å². The van der Waals surface area contributed by atoms with E-state index in [1.165, 1.54) is 22.1 Å². The van der Waals surface area contributed by atoms with Gasteiger partial charge in [0.05, 0.1) is 0 Å². The van der Waals surface area contributed by atoms with Crippen LogP contribution < -0.4 is 0 Å². The topological polar surface area (TPSA) is 0 Å². The second-order valence-corrected chi connectivity index (χ2v) is 6.63. The highest BCUT2D eigenvalue weighted by molar-refractivity contribution is 9.23. The SMILES string of the molecule is Cc1cccc(C)c1C[CH2][Mg][Br]. The van der Waals surface area contributed by atoms with Gasteiger partial charge in [-0.25, -0.2) is 0 Å². The van der Waals surface area contributed by atoms with Crippen molar-refractivity contribution in [2.75, 3.05) is 0 Å². The Bertz CT molecular complexity index is 238. The molecule has 0 saturated heterocycles. The van der Waals surface area contributed by atoms with Crippen LogP contribution in [0.1, 0.15) is 16.7 Å². The molecule has 0 fully saturated rings. The van der Waals surface area contributed by atoms with Crippen molar-refractivity contribution in [3.63, 3.8) is 0 Å². The van der Waals surface area contributed by atoms with Gasteiger partial charge in [0, 0.05) is 0 Å². The summed E-state index contributed by atoms with van der Waals surface area (Å²) >= 11 is 3.65. The van der Waals surface area contributed by atoms with E-state index in [0.717, 1.165) is 0 Å². The Morgan fingerprint density at radius 1 is 1.25 bits per heavy atom. The molecule has 0 amide bonds. The third-order valence-corrected chi connectivity index (χ3v) is 4.51. The van der Waals surface area contributed by atoms with Crippen LogP contribution in [0.3, 0.4) is 0 Å². The number of halogens is 1. The van der Waals surface area contributed by atoms with E-state index in [0.29, 0.717) is 0 Å². The van der Waals surface area contributed by atoms with Crippen LogP contribution >= 0.6 is 12.9 Å². The van der Waals surface area contributed by atoms with E-state index in [2.05, 4.69) is 44.9 Å². The van der Waals surface area contributed by atoms with Crippen molar-refractivity contribution in [1.82, 2.24) is 0 Å². The first-order valence-corrected chi connectivity index (χ1v) is 9.26. The van der Waals surface area contributed by atoms with Gasteiger partial charge >= 0.3 is 18.2 Å². The minimum atomic E-state index is 0.0507. The first-order chi connectivity index (χ1) is 5.75. The van der Waals surface area contributed by atoms with Crippen LogP contribution in [-0.2, 0) is 6.42 Å². The molecule has 0 aliphatic heterocycles. The molecule has 0 saturated carbocycles. The van der Waals surface area contributed by atoms with Crippen LogP contribution in [0.5, 0.6) is 0 Å². The van der Waals surface area contributed by atoms with Crippen molar-refractivity contribution in [1.29, 1.82) is 0 Å². The fourth-order valence-electron chi connectivity index (χ4n) is 1.49. The Labute approximate surface area is 90.3 Å². The van der Waals surface area contributed by atoms with Crippen LogP contribution in [0.4, 0.5) is 0 Å². The summed E-state index contributed by atoms with van der Waals surface area (Å²) in [6.07, 6.45) is 1.26. The zero-order valence-corrected chi connectivity index (χ0v) is 10.7. The Morgan fingerprint density at radius 3 is 2.33 bits per heavy atom. The van der Waals surface area contributed by atoms with Gasteiger partial charge in [0.2, 0.25) is 0 Å². The van der Waals surface area contributed by atoms with E-state index in [9.17, 15) is 0 Å². The molecule has 0 bridgehead atoms. The zero-order chi connectivity index (χ0) is 8.97. The Morgan fingerprint density at radius 2 is 1.83 bits per heavy atom. The van der Waals surface area contributed by atoms with E-state index >= 15 is 0 Å². The standard InChI is InChI=1S/C10H13.BrH.Mg/c1-4-10-8(2)6-5-7-9(10)3;;/h5-7H,1,4H2,2-3H3;1H;/q;;+1/p-1. The number of benzene rings is 1. The minimum Gasteiger partial charge on any atom is -0.307 e. The normalized spacial score (nSPS) is 9.58. The van der Waals surface area contributed by atoms with Crippen LogP contribution in [-0.4, -0.2) is 18.2 Å². The van der Waals surface area contributed by atoms with Crippen LogP contribution in [0, 0.1) is 13.8 Å². The summed E-state index contributed by atoms with van der Waals surface area (Å²) in [7, 11) is 0. The molecule has 0 heterocycles. The van der Waals surface area contributed by atoms with Crippen LogP contribution in [0.15, 0.2) is 18.2 Å². The van der Waals surface area contributed by atoms with Crippen molar-refractivity contribution < 1.29 is 0 Å². The molecule has 0 N–H and O–H groups in total. The molecule has 0 aliphatic carbocycles. The van der Waals surface area contributed by atoms with E-state index < -0.39 is 0 Å². The molecule has 1 aromatic rings. The molecule has 0 spiro atoms. The van der Waals surface area contributed by atoms with Gasteiger partial charge in [-0.15, -0.1) is 4.55 Å². The maximum absolute atomic E-state index is 3.59. The third kappa shape index (κ3) is 2.75. The predicted octanol–water partition coefficient (Wildman–Crippen LogP) is 3.28. The molecule has 0 nitrogen and oxygen atoms in total. The summed E-state index contributed by atoms with van der Waals surface area (Å²) in [4.78, 5) is 0. The van der Waals surface area contributed by atoms with E-state index in [4.69, 9.17) is 0 Å². The Hall–Kier alpha value is 0.466. The summed E-state index contributed by atoms with van der Waals surface area (Å²) in [5, 5.41) is 0. The molecule has 1 rings (SSSR count). The fraction of sp³-hybridized carbons (Fsp3) is 0.400. The Balaban J connectivity index is 2.81. The summed E-state index contributed by atoms with van der Waals surface area (Å²) in [6.45, 7) is 4.41. The second-order valence-electron chi connectivity index (χ2n) is 3.16. The molecule has 2 heteroatoms. The van der Waals surface area contributed by atoms with E-state index in [1.54, 1.807) is 5.56 Å². The van der Waals surface area contributed by atoms with Gasteiger partial charge in [-0.1, -0.05) is 18.2 Å². The maximum atomic E-state index is 3.59. The lowest BCUT2D eigenvalue weighted by Crippen LogP contribution is -1.94. The summed E-state index contributed by atoms with van der Waals surface area (Å²) < 4.78 is 1.37. The smallest absolute Gasteiger partial charge is 0.307 e. The molecule has 0 unspecified atom stereocenters. The molecular weight excluding hydrogens is 224 g/mol. The van der Waals surface area contributed by atoms with Gasteiger partial charge in [-0.05, 0) is 37.0 Å². The lowest BCUT2D eigenvalue weighted by atomic mass is 10.0. The zero-order valence-electron chi connectivity index (χ0n) is 7.73. The lowest BCUT2D eigenvalue weighted by Gasteiger charge is -2.07. The first-order valence-electron chi connectivity index (χ1n) is 4.36. The molecule has 0 radical (unpaired) electrons. The number of hydrogen-bond donors (Lipinski definition) is 0. The van der Waals surface area contributed by atoms with Gasteiger partial charge in [0.1, 0.15) is 0 Å². The Kier molecular flexibility index (Phi) is 4.61. The molecule has 12 heavy (non-hydrogen) atoms. The lowest BCUT2D eigenvalue weighted by molar-refractivity contribution is 1.07. The third-order valence-electron chi connectivity index (χ3n) is 2.20. The minimum absolute atomic E-state index is 0.0507. The molecule has 62 valence electrons. The molecular formula is C10H13BrMg. The highest BCUT2D eigenvalue weighted by atomic mass is 79.9. The summed E-state index contributed by atoms with van der Waals surface area (Å²) in [5.74, 6) is 0. The largest absolute Gasteiger partial charge is 0.468 e. The molecule has 0 aromatic heterocycles. The monoisotopic (exact) mass is 236 g/mol. The maximum Gasteiger partial charge on any atom is 0.468 e. The van der Waals surface area contributed by atoms with Gasteiger partial charge in [-0.3, -0.25) is 0 Å². The number of hydrogen-bond acceptors (Lipinski definition) is 0. The van der Waals surface area contributed by atoms with Crippen molar-refractivity contribution in [3.8, 4) is 0 Å². The van der Waals surface area contributed by atoms with Gasteiger partial charge in [0.15, 0.2) is 0 Å². The van der Waals surface area contributed by atoms with E-state index in [-0.39, 0.29) is 18.2 Å². The van der Waals surface area contributed by atoms with E-state index in [1.807, 2.05) is 0 Å². The number of rotatable bonds is 3. The highest BCUT2D eigenvalue weighted by Gasteiger charge is 2.01. The first kappa shape index (κ1) is 10.5. The average molecular weight is 237 g/mol. The van der Waals surface area contributed by atoms with Crippen LogP contribution in [0.2, 0.25) is 4.55 Å². The van der Waals surface area contributed by atoms with Crippen molar-refractivity contribution in [2.45, 2.75) is 24.8 Å². The van der Waals surface area contributed by atoms with Gasteiger partial charge in [-0.2, -0.15) is 0 Å². The second kappa shape index (κ2) is 5.25. The molecule has 0 atom stereocenters. The summed E-state index contributed by atoms with van der Waals surface area (Å²) in [5.41, 5.74) is 4.46. The average Bonchev–Trinajstić information content (AvgIpc) is 2.04. The summed E-state index contributed by atoms with van der Waals surface area (Å²) in [6, 6.07) is 6.55. The molecule has 0 aliphatic rings. The fourth-order valence-corrected chi connectivity index (χ4v) is 2.82. The quantitative estimate of drug-likeness (QED) is 0.708. The number of aryl methyl sites for hydroxylation is 2. The van der Waals surface area contributed by atoms with Gasteiger partial charge < -0.3 is 12.9 Å². The van der Waals surface area contributed by atoms with Crippen molar-refractivity contribution in [3.05, 3.63) is 34.9 Å². The highest BCUT2D eigenvalue weighted by Crippen LogP contribution is 2.15. The van der Waals surface area contributed by atoms with Crippen molar-refractivity contribution in [2.24, 2.45) is 0 Å². The van der Waals surface area contributed by atoms with Crippen molar-refractivity contribution >= 4 is 31.1 Å². The van der Waals surface area contributed by atoms with Gasteiger partial charge in [0.25, 0.3) is 0 Å². The predicted molar refractivity (Wildman–Crippen MR) is 59.1 cm³/mol.